The Morgan fingerprint density at radius 2 is 0.597 bits per heavy atom. The van der Waals surface area contributed by atoms with Crippen LogP contribution in [0.4, 0.5) is 0 Å². The molecule has 3 N–H and O–H groups in total. The van der Waals surface area contributed by atoms with E-state index in [-0.39, 0.29) is 25.7 Å². The molecule has 0 aromatic heterocycles. The van der Waals surface area contributed by atoms with Gasteiger partial charge in [-0.1, -0.05) is 234 Å². The number of hydrogen-bond donors (Lipinski definition) is 3. The summed E-state index contributed by atoms with van der Waals surface area (Å²) in [6.07, 6.45) is 33.6. The minimum absolute atomic E-state index is 0.104. The van der Waals surface area contributed by atoms with Crippen molar-refractivity contribution in [3.63, 3.8) is 0 Å². The number of aliphatic hydroxyl groups is 1. The van der Waals surface area contributed by atoms with Crippen molar-refractivity contribution in [3.8, 4) is 0 Å². The number of hydrogen-bond acceptors (Lipinski definition) is 15. The summed E-state index contributed by atoms with van der Waals surface area (Å²) in [6.45, 7) is 7.05. The molecule has 77 heavy (non-hydrogen) atoms. The number of carbonyl (C=O) groups excluding carboxylic acids is 4. The third-order valence-corrected chi connectivity index (χ3v) is 15.2. The van der Waals surface area contributed by atoms with Gasteiger partial charge in [-0.25, -0.2) is 9.13 Å². The summed E-state index contributed by atoms with van der Waals surface area (Å²) >= 11 is 0. The summed E-state index contributed by atoms with van der Waals surface area (Å²) in [5.41, 5.74) is 0. The minimum Gasteiger partial charge on any atom is -0.462 e. The highest BCUT2D eigenvalue weighted by Gasteiger charge is 2.30. The number of esters is 4. The van der Waals surface area contributed by atoms with Gasteiger partial charge >= 0.3 is 39.5 Å². The lowest BCUT2D eigenvalue weighted by Crippen LogP contribution is -2.30. The van der Waals surface area contributed by atoms with E-state index < -0.39 is 97.5 Å². The van der Waals surface area contributed by atoms with Crippen molar-refractivity contribution in [2.75, 3.05) is 39.6 Å². The molecule has 0 aromatic carbocycles. The van der Waals surface area contributed by atoms with Crippen LogP contribution in [0.25, 0.3) is 0 Å². The van der Waals surface area contributed by atoms with Gasteiger partial charge in [0.05, 0.1) is 26.4 Å². The van der Waals surface area contributed by atoms with Crippen molar-refractivity contribution in [1.29, 1.82) is 0 Å². The summed E-state index contributed by atoms with van der Waals surface area (Å²) < 4.78 is 67.6. The van der Waals surface area contributed by atoms with E-state index in [1.54, 1.807) is 0 Å². The molecule has 2 unspecified atom stereocenters. The molecule has 0 saturated carbocycles. The van der Waals surface area contributed by atoms with E-state index in [9.17, 15) is 43.2 Å². The molecule has 0 aliphatic carbocycles. The van der Waals surface area contributed by atoms with E-state index >= 15 is 0 Å². The number of carbonyl (C=O) groups is 4. The predicted octanol–water partition coefficient (Wildman–Crippen LogP) is 15.5. The molecular formula is C58H112O17P2. The molecular weight excluding hydrogens is 1030 g/mol. The zero-order chi connectivity index (χ0) is 57.1. The zero-order valence-corrected chi connectivity index (χ0v) is 50.9. The molecule has 0 heterocycles. The van der Waals surface area contributed by atoms with Crippen LogP contribution in [-0.2, 0) is 65.4 Å². The van der Waals surface area contributed by atoms with Crippen LogP contribution < -0.4 is 0 Å². The largest absolute Gasteiger partial charge is 0.472 e. The van der Waals surface area contributed by atoms with Crippen LogP contribution in [0.5, 0.6) is 0 Å². The normalized spacial score (nSPS) is 14.4. The van der Waals surface area contributed by atoms with Gasteiger partial charge in [-0.05, 0) is 31.6 Å². The molecule has 0 rings (SSSR count). The van der Waals surface area contributed by atoms with Gasteiger partial charge in [0.1, 0.15) is 19.3 Å². The molecule has 0 saturated heterocycles. The SMILES string of the molecule is CCCCCCCCCCCC(=O)OC[C@H](COP(=O)(O)OC[C@@H](O)COP(=O)(O)OC[C@@H](COC(=O)CCCCCCCCC)OC(=O)CCCCCCCCCC)OC(=O)CCCCCCCCCCCCC(C)C. The van der Waals surface area contributed by atoms with Crippen molar-refractivity contribution in [2.24, 2.45) is 5.92 Å². The first kappa shape index (κ1) is 75.1. The average molecular weight is 1140 g/mol. The lowest BCUT2D eigenvalue weighted by Gasteiger charge is -2.21. The van der Waals surface area contributed by atoms with E-state index in [0.717, 1.165) is 115 Å². The highest BCUT2D eigenvalue weighted by Crippen LogP contribution is 2.45. The fourth-order valence-electron chi connectivity index (χ4n) is 8.52. The van der Waals surface area contributed by atoms with Crippen molar-refractivity contribution in [1.82, 2.24) is 0 Å². The number of phosphoric acid groups is 2. The smallest absolute Gasteiger partial charge is 0.462 e. The van der Waals surface area contributed by atoms with Crippen molar-refractivity contribution >= 4 is 39.5 Å². The summed E-state index contributed by atoms with van der Waals surface area (Å²) in [7, 11) is -9.86. The Morgan fingerprint density at radius 3 is 0.883 bits per heavy atom. The third kappa shape index (κ3) is 53.2. The maximum Gasteiger partial charge on any atom is 0.472 e. The topological polar surface area (TPSA) is 237 Å². The number of aliphatic hydroxyl groups excluding tert-OH is 1. The molecule has 456 valence electrons. The van der Waals surface area contributed by atoms with Crippen LogP contribution in [0.2, 0.25) is 0 Å². The number of rotatable bonds is 58. The molecule has 0 aliphatic rings. The number of ether oxygens (including phenoxy) is 4. The van der Waals surface area contributed by atoms with Crippen molar-refractivity contribution in [2.45, 2.75) is 303 Å². The van der Waals surface area contributed by atoms with Gasteiger partial charge in [0.2, 0.25) is 0 Å². The quantitative estimate of drug-likeness (QED) is 0.0222. The summed E-state index contributed by atoms with van der Waals surface area (Å²) in [5.74, 6) is -1.40. The van der Waals surface area contributed by atoms with Crippen LogP contribution in [0, 0.1) is 5.92 Å². The summed E-state index contributed by atoms with van der Waals surface area (Å²) in [6, 6.07) is 0. The standard InChI is InChI=1S/C58H112O17P2/c1-6-9-12-15-18-22-28-32-37-42-56(61)69-48-54(75-58(63)44-39-34-29-24-21-20-23-26-30-35-40-51(4)5)50-73-77(66,67)71-46-52(59)45-70-76(64,65)72-49-53(47-68-55(60)41-36-31-25-17-14-11-8-3)74-57(62)43-38-33-27-19-16-13-10-7-2/h51-54,59H,6-50H2,1-5H3,(H,64,65)(H,66,67)/t52-,53+,54+/m0/s1. The Labute approximate surface area is 467 Å². The van der Waals surface area contributed by atoms with Crippen molar-refractivity contribution < 1.29 is 80.2 Å². The Balaban J connectivity index is 5.19. The second kappa shape index (κ2) is 52.2. The molecule has 0 amide bonds. The summed E-state index contributed by atoms with van der Waals surface area (Å²) in [5, 5.41) is 10.5. The Hall–Kier alpha value is -1.94. The number of phosphoric ester groups is 2. The highest BCUT2D eigenvalue weighted by atomic mass is 31.2. The van der Waals surface area contributed by atoms with Crippen LogP contribution in [0.3, 0.4) is 0 Å². The first-order chi connectivity index (χ1) is 37.0. The average Bonchev–Trinajstić information content (AvgIpc) is 3.39. The second-order valence-electron chi connectivity index (χ2n) is 21.5. The number of unbranched alkanes of at least 4 members (excludes halogenated alkanes) is 30. The molecule has 0 fully saturated rings. The second-order valence-corrected chi connectivity index (χ2v) is 24.4. The first-order valence-corrected chi connectivity index (χ1v) is 33.6. The van der Waals surface area contributed by atoms with E-state index in [1.807, 2.05) is 0 Å². The molecule has 17 nitrogen and oxygen atoms in total. The molecule has 19 heteroatoms. The van der Waals surface area contributed by atoms with Gasteiger partial charge < -0.3 is 33.8 Å². The lowest BCUT2D eigenvalue weighted by atomic mass is 10.0. The van der Waals surface area contributed by atoms with E-state index in [0.29, 0.717) is 25.7 Å². The molecule has 0 aliphatic heterocycles. The van der Waals surface area contributed by atoms with Gasteiger partial charge in [0.15, 0.2) is 12.2 Å². The minimum atomic E-state index is -4.93. The first-order valence-electron chi connectivity index (χ1n) is 30.6. The van der Waals surface area contributed by atoms with Gasteiger partial charge in [0.25, 0.3) is 0 Å². The third-order valence-electron chi connectivity index (χ3n) is 13.3. The molecule has 0 spiro atoms. The van der Waals surface area contributed by atoms with Crippen LogP contribution >= 0.6 is 15.6 Å². The Kier molecular flexibility index (Phi) is 50.8. The predicted molar refractivity (Wildman–Crippen MR) is 303 cm³/mol. The van der Waals surface area contributed by atoms with Crippen LogP contribution in [0.15, 0.2) is 0 Å². The van der Waals surface area contributed by atoms with Gasteiger partial charge in [-0.15, -0.1) is 0 Å². The fraction of sp³-hybridized carbons (Fsp3) is 0.931. The van der Waals surface area contributed by atoms with E-state index in [4.69, 9.17) is 37.0 Å². The van der Waals surface area contributed by atoms with Crippen molar-refractivity contribution in [3.05, 3.63) is 0 Å². The van der Waals surface area contributed by atoms with Gasteiger partial charge in [-0.2, -0.15) is 0 Å². The van der Waals surface area contributed by atoms with Crippen LogP contribution in [0.1, 0.15) is 285 Å². The molecule has 5 atom stereocenters. The highest BCUT2D eigenvalue weighted by molar-refractivity contribution is 7.47. The zero-order valence-electron chi connectivity index (χ0n) is 49.1. The van der Waals surface area contributed by atoms with E-state index in [2.05, 4.69) is 34.6 Å². The Bertz CT molecular complexity index is 1520. The van der Waals surface area contributed by atoms with Gasteiger partial charge in [0, 0.05) is 25.7 Å². The maximum absolute atomic E-state index is 12.9. The molecule has 0 radical (unpaired) electrons. The maximum atomic E-state index is 12.9. The lowest BCUT2D eigenvalue weighted by molar-refractivity contribution is -0.161. The fourth-order valence-corrected chi connectivity index (χ4v) is 10.1. The monoisotopic (exact) mass is 1140 g/mol. The van der Waals surface area contributed by atoms with Gasteiger partial charge in [-0.3, -0.25) is 37.3 Å². The van der Waals surface area contributed by atoms with E-state index in [1.165, 1.54) is 89.9 Å². The summed E-state index contributed by atoms with van der Waals surface area (Å²) in [4.78, 5) is 71.7. The molecule has 0 bridgehead atoms. The Morgan fingerprint density at radius 1 is 0.351 bits per heavy atom. The molecule has 0 aromatic rings. The van der Waals surface area contributed by atoms with Crippen LogP contribution in [-0.4, -0.2) is 96.7 Å².